The van der Waals surface area contributed by atoms with E-state index in [1.165, 1.54) is 7.11 Å². The molecular weight excluding hydrogens is 312 g/mol. The topological polar surface area (TPSA) is 63.5 Å². The minimum Gasteiger partial charge on any atom is -0.467 e. The smallest absolute Gasteiger partial charge is 0.337 e. The standard InChI is InChI=1S/C14H13ClN2O3S/c1-19-13(18)9-4-5-11(15)12(7-9)17-14(21)16-8-10-3-2-6-20-10/h2-7H,8H2,1H3,(H2,16,17,21). The normalized spacial score (nSPS) is 10.0. The summed E-state index contributed by atoms with van der Waals surface area (Å²) in [6, 6.07) is 8.39. The van der Waals surface area contributed by atoms with Crippen molar-refractivity contribution in [3.63, 3.8) is 0 Å². The van der Waals surface area contributed by atoms with Crippen LogP contribution >= 0.6 is 23.8 Å². The van der Waals surface area contributed by atoms with E-state index < -0.39 is 5.97 Å². The minimum atomic E-state index is -0.441. The first kappa shape index (κ1) is 15.3. The SMILES string of the molecule is COC(=O)c1ccc(Cl)c(NC(=S)NCc2ccco2)c1. The second kappa shape index (κ2) is 7.10. The van der Waals surface area contributed by atoms with Crippen LogP contribution in [-0.4, -0.2) is 18.2 Å². The van der Waals surface area contributed by atoms with Crippen molar-refractivity contribution in [3.05, 3.63) is 52.9 Å². The van der Waals surface area contributed by atoms with E-state index in [1.54, 1.807) is 30.5 Å². The molecule has 0 bridgehead atoms. The number of nitrogens with one attached hydrogen (secondary N) is 2. The van der Waals surface area contributed by atoms with E-state index in [0.717, 1.165) is 5.76 Å². The van der Waals surface area contributed by atoms with Crippen LogP contribution in [0.25, 0.3) is 0 Å². The molecule has 1 aromatic heterocycles. The van der Waals surface area contributed by atoms with E-state index >= 15 is 0 Å². The monoisotopic (exact) mass is 324 g/mol. The Labute approximate surface area is 132 Å². The van der Waals surface area contributed by atoms with Gasteiger partial charge in [-0.3, -0.25) is 0 Å². The molecule has 2 aromatic rings. The molecule has 0 aliphatic heterocycles. The first-order valence-electron chi connectivity index (χ1n) is 6.05. The van der Waals surface area contributed by atoms with Gasteiger partial charge >= 0.3 is 5.97 Å². The highest BCUT2D eigenvalue weighted by molar-refractivity contribution is 7.80. The summed E-state index contributed by atoms with van der Waals surface area (Å²) in [5.41, 5.74) is 0.912. The van der Waals surface area contributed by atoms with Crippen LogP contribution < -0.4 is 10.6 Å². The van der Waals surface area contributed by atoms with Crippen molar-refractivity contribution in [1.82, 2.24) is 5.32 Å². The van der Waals surface area contributed by atoms with Crippen LogP contribution in [0.4, 0.5) is 5.69 Å². The van der Waals surface area contributed by atoms with Gasteiger partial charge in [0, 0.05) is 0 Å². The van der Waals surface area contributed by atoms with E-state index in [4.69, 9.17) is 28.2 Å². The Balaban J connectivity index is 2.01. The number of halogens is 1. The molecule has 0 spiro atoms. The third-order valence-corrected chi connectivity index (χ3v) is 3.21. The largest absolute Gasteiger partial charge is 0.467 e. The van der Waals surface area contributed by atoms with Crippen molar-refractivity contribution in [2.75, 3.05) is 12.4 Å². The van der Waals surface area contributed by atoms with Gasteiger partial charge in [0.05, 0.1) is 36.2 Å². The van der Waals surface area contributed by atoms with Crippen LogP contribution in [0.2, 0.25) is 5.02 Å². The highest BCUT2D eigenvalue weighted by Crippen LogP contribution is 2.23. The number of anilines is 1. The molecule has 2 rings (SSSR count). The quantitative estimate of drug-likeness (QED) is 0.665. The first-order chi connectivity index (χ1) is 10.1. The summed E-state index contributed by atoms with van der Waals surface area (Å²) in [6.07, 6.45) is 1.59. The Hall–Kier alpha value is -2.05. The second-order valence-electron chi connectivity index (χ2n) is 4.07. The van der Waals surface area contributed by atoms with Gasteiger partial charge in [0.2, 0.25) is 0 Å². The summed E-state index contributed by atoms with van der Waals surface area (Å²) < 4.78 is 9.85. The molecule has 0 radical (unpaired) electrons. The summed E-state index contributed by atoms with van der Waals surface area (Å²) >= 11 is 11.2. The molecule has 1 heterocycles. The van der Waals surface area contributed by atoms with E-state index in [0.29, 0.717) is 27.9 Å². The van der Waals surface area contributed by atoms with Crippen molar-refractivity contribution in [2.24, 2.45) is 0 Å². The highest BCUT2D eigenvalue weighted by Gasteiger charge is 2.10. The fourth-order valence-corrected chi connectivity index (χ4v) is 1.96. The van der Waals surface area contributed by atoms with E-state index in [2.05, 4.69) is 15.4 Å². The molecule has 0 atom stereocenters. The van der Waals surface area contributed by atoms with Gasteiger partial charge in [-0.2, -0.15) is 0 Å². The number of furan rings is 1. The molecule has 0 amide bonds. The average molecular weight is 325 g/mol. The van der Waals surface area contributed by atoms with Gasteiger partial charge in [-0.05, 0) is 42.5 Å². The molecule has 5 nitrogen and oxygen atoms in total. The van der Waals surface area contributed by atoms with Crippen molar-refractivity contribution in [3.8, 4) is 0 Å². The molecule has 0 saturated heterocycles. The molecule has 0 fully saturated rings. The zero-order valence-corrected chi connectivity index (χ0v) is 12.8. The summed E-state index contributed by atoms with van der Waals surface area (Å²) in [7, 11) is 1.32. The molecule has 0 saturated carbocycles. The summed E-state index contributed by atoms with van der Waals surface area (Å²) in [5, 5.41) is 6.73. The van der Waals surface area contributed by atoms with E-state index in [1.807, 2.05) is 6.07 Å². The zero-order chi connectivity index (χ0) is 15.2. The molecule has 7 heteroatoms. The van der Waals surface area contributed by atoms with Crippen molar-refractivity contribution < 1.29 is 13.9 Å². The van der Waals surface area contributed by atoms with Crippen LogP contribution in [0.5, 0.6) is 0 Å². The molecule has 1 aromatic carbocycles. The van der Waals surface area contributed by atoms with Gasteiger partial charge in [0.25, 0.3) is 0 Å². The number of thiocarbonyl (C=S) groups is 1. The minimum absolute atomic E-state index is 0.371. The summed E-state index contributed by atoms with van der Waals surface area (Å²) in [4.78, 5) is 11.5. The Kier molecular flexibility index (Phi) is 5.19. The predicted octanol–water partition coefficient (Wildman–Crippen LogP) is 3.21. The Morgan fingerprint density at radius 1 is 1.43 bits per heavy atom. The summed E-state index contributed by atoms with van der Waals surface area (Å²) in [6.45, 7) is 0.452. The summed E-state index contributed by atoms with van der Waals surface area (Å²) in [5.74, 6) is 0.317. The highest BCUT2D eigenvalue weighted by atomic mass is 35.5. The molecule has 0 aliphatic rings. The maximum atomic E-state index is 11.5. The Morgan fingerprint density at radius 2 is 2.24 bits per heavy atom. The van der Waals surface area contributed by atoms with Gasteiger partial charge in [0.15, 0.2) is 5.11 Å². The number of hydrogen-bond donors (Lipinski definition) is 2. The molecule has 0 aliphatic carbocycles. The maximum Gasteiger partial charge on any atom is 0.337 e. The lowest BCUT2D eigenvalue weighted by Crippen LogP contribution is -2.27. The lowest BCUT2D eigenvalue weighted by Gasteiger charge is -2.12. The van der Waals surface area contributed by atoms with Gasteiger partial charge < -0.3 is 19.8 Å². The first-order valence-corrected chi connectivity index (χ1v) is 6.84. The second-order valence-corrected chi connectivity index (χ2v) is 4.89. The third-order valence-electron chi connectivity index (χ3n) is 2.64. The van der Waals surface area contributed by atoms with Crippen LogP contribution in [0.15, 0.2) is 41.0 Å². The average Bonchev–Trinajstić information content (AvgIpc) is 3.00. The lowest BCUT2D eigenvalue weighted by molar-refractivity contribution is 0.0601. The fraction of sp³-hybridized carbons (Fsp3) is 0.143. The predicted molar refractivity (Wildman–Crippen MR) is 84.6 cm³/mol. The number of rotatable bonds is 4. The van der Waals surface area contributed by atoms with Crippen LogP contribution in [0.1, 0.15) is 16.1 Å². The Bertz CT molecular complexity index is 644. The van der Waals surface area contributed by atoms with E-state index in [9.17, 15) is 4.79 Å². The van der Waals surface area contributed by atoms with E-state index in [-0.39, 0.29) is 0 Å². The maximum absolute atomic E-state index is 11.5. The number of carbonyl (C=O) groups excluding carboxylic acids is 1. The van der Waals surface area contributed by atoms with Crippen molar-refractivity contribution in [1.29, 1.82) is 0 Å². The molecular formula is C14H13ClN2O3S. The van der Waals surface area contributed by atoms with Gasteiger partial charge in [-0.15, -0.1) is 0 Å². The lowest BCUT2D eigenvalue weighted by atomic mass is 10.2. The fourth-order valence-electron chi connectivity index (χ4n) is 1.61. The van der Waals surface area contributed by atoms with Gasteiger partial charge in [0.1, 0.15) is 5.76 Å². The van der Waals surface area contributed by atoms with Crippen molar-refractivity contribution in [2.45, 2.75) is 6.54 Å². The number of ether oxygens (including phenoxy) is 1. The van der Waals surface area contributed by atoms with Gasteiger partial charge in [-0.1, -0.05) is 11.6 Å². The number of hydrogen-bond acceptors (Lipinski definition) is 4. The number of esters is 1. The third kappa shape index (κ3) is 4.21. The molecule has 110 valence electrons. The number of benzene rings is 1. The van der Waals surface area contributed by atoms with Crippen molar-refractivity contribution >= 4 is 40.6 Å². The molecule has 0 unspecified atom stereocenters. The number of carbonyl (C=O) groups is 1. The zero-order valence-electron chi connectivity index (χ0n) is 11.2. The van der Waals surface area contributed by atoms with Crippen LogP contribution in [-0.2, 0) is 11.3 Å². The Morgan fingerprint density at radius 3 is 2.90 bits per heavy atom. The molecule has 21 heavy (non-hydrogen) atoms. The molecule has 2 N–H and O–H groups in total. The van der Waals surface area contributed by atoms with Crippen LogP contribution in [0.3, 0.4) is 0 Å². The number of methoxy groups -OCH3 is 1. The van der Waals surface area contributed by atoms with Gasteiger partial charge in [-0.25, -0.2) is 4.79 Å². The van der Waals surface area contributed by atoms with Crippen LogP contribution in [0, 0.1) is 0 Å².